The third kappa shape index (κ3) is 6.08. The predicted octanol–water partition coefficient (Wildman–Crippen LogP) is 3.59. The number of hydrogen-bond acceptors (Lipinski definition) is 5. The molecule has 0 unspecified atom stereocenters. The lowest BCUT2D eigenvalue weighted by atomic mass is 10.1. The average Bonchev–Trinajstić information content (AvgIpc) is 2.41. The van der Waals surface area contributed by atoms with Crippen LogP contribution in [0.2, 0.25) is 0 Å². The fraction of sp³-hybridized carbons (Fsp3) is 0.733. The zero-order valence-corrected chi connectivity index (χ0v) is 12.9. The number of hydrogen-bond donors (Lipinski definition) is 1. The van der Waals surface area contributed by atoms with Crippen LogP contribution in [0.25, 0.3) is 0 Å². The first-order chi connectivity index (χ1) is 9.65. The molecule has 1 aromatic rings. The van der Waals surface area contributed by atoms with Gasteiger partial charge in [0.05, 0.1) is 12.7 Å². The normalized spacial score (nSPS) is 10.8. The van der Waals surface area contributed by atoms with Gasteiger partial charge in [-0.2, -0.15) is 9.97 Å². The Morgan fingerprint density at radius 2 is 1.70 bits per heavy atom. The number of aromatic nitrogens is 2. The molecule has 5 nitrogen and oxygen atoms in total. The van der Waals surface area contributed by atoms with E-state index < -0.39 is 0 Å². The molecule has 0 atom stereocenters. The van der Waals surface area contributed by atoms with E-state index in [9.17, 15) is 0 Å². The molecule has 1 aromatic heterocycles. The Morgan fingerprint density at radius 3 is 2.40 bits per heavy atom. The molecule has 5 heteroatoms. The molecule has 0 saturated carbocycles. The van der Waals surface area contributed by atoms with Crippen LogP contribution in [0.1, 0.15) is 59.3 Å². The van der Waals surface area contributed by atoms with Crippen LogP contribution in [0.4, 0.5) is 5.69 Å². The van der Waals surface area contributed by atoms with Crippen LogP contribution in [0.5, 0.6) is 11.8 Å². The summed E-state index contributed by atoms with van der Waals surface area (Å²) >= 11 is 0. The summed E-state index contributed by atoms with van der Waals surface area (Å²) in [5.74, 6) is 0.817. The van der Waals surface area contributed by atoms with Crippen molar-refractivity contribution in [3.8, 4) is 11.8 Å². The number of nitrogens with two attached hydrogens (primary N) is 1. The summed E-state index contributed by atoms with van der Waals surface area (Å²) in [5.41, 5.74) is 6.32. The molecular weight excluding hydrogens is 254 g/mol. The van der Waals surface area contributed by atoms with E-state index in [2.05, 4.69) is 16.9 Å². The van der Waals surface area contributed by atoms with E-state index in [1.54, 1.807) is 0 Å². The molecule has 0 spiro atoms. The Labute approximate surface area is 121 Å². The Morgan fingerprint density at radius 1 is 1.05 bits per heavy atom. The minimum Gasteiger partial charge on any atom is -0.476 e. The molecule has 0 fully saturated rings. The molecule has 0 bridgehead atoms. The van der Waals surface area contributed by atoms with Gasteiger partial charge in [0.25, 0.3) is 0 Å². The van der Waals surface area contributed by atoms with Crippen LogP contribution in [0.3, 0.4) is 0 Å². The zero-order valence-electron chi connectivity index (χ0n) is 12.9. The third-order valence-corrected chi connectivity index (χ3v) is 2.89. The molecule has 20 heavy (non-hydrogen) atoms. The molecule has 114 valence electrons. The van der Waals surface area contributed by atoms with Crippen LogP contribution in [-0.2, 0) is 0 Å². The maximum atomic E-state index is 5.94. The minimum absolute atomic E-state index is 0.0265. The van der Waals surface area contributed by atoms with Crippen molar-refractivity contribution in [3.63, 3.8) is 0 Å². The van der Waals surface area contributed by atoms with Crippen molar-refractivity contribution in [1.82, 2.24) is 9.97 Å². The molecule has 1 heterocycles. The maximum Gasteiger partial charge on any atom is 0.244 e. The zero-order chi connectivity index (χ0) is 14.8. The van der Waals surface area contributed by atoms with Crippen molar-refractivity contribution in [2.45, 2.75) is 65.4 Å². The number of ether oxygens (including phenoxy) is 2. The fourth-order valence-corrected chi connectivity index (χ4v) is 1.85. The topological polar surface area (TPSA) is 70.3 Å². The maximum absolute atomic E-state index is 5.94. The van der Waals surface area contributed by atoms with Crippen LogP contribution in [-0.4, -0.2) is 22.7 Å². The largest absolute Gasteiger partial charge is 0.476 e. The van der Waals surface area contributed by atoms with Gasteiger partial charge in [-0.3, -0.25) is 0 Å². The quantitative estimate of drug-likeness (QED) is 0.664. The van der Waals surface area contributed by atoms with Gasteiger partial charge in [0.2, 0.25) is 11.8 Å². The van der Waals surface area contributed by atoms with E-state index in [1.807, 2.05) is 13.8 Å². The number of nitrogens with zero attached hydrogens (tertiary/aromatic N) is 2. The van der Waals surface area contributed by atoms with Crippen LogP contribution in [0, 0.1) is 0 Å². The monoisotopic (exact) mass is 281 g/mol. The van der Waals surface area contributed by atoms with Gasteiger partial charge in [-0.15, -0.1) is 0 Å². The lowest BCUT2D eigenvalue weighted by molar-refractivity contribution is 0.230. The van der Waals surface area contributed by atoms with Gasteiger partial charge in [0.15, 0.2) is 5.69 Å². The van der Waals surface area contributed by atoms with Crippen molar-refractivity contribution in [3.05, 3.63) is 6.33 Å². The fourth-order valence-electron chi connectivity index (χ4n) is 1.85. The molecule has 0 amide bonds. The highest BCUT2D eigenvalue weighted by molar-refractivity contribution is 5.55. The second-order valence-corrected chi connectivity index (χ2v) is 5.18. The third-order valence-electron chi connectivity index (χ3n) is 2.89. The summed E-state index contributed by atoms with van der Waals surface area (Å²) in [5, 5.41) is 0. The molecule has 0 aromatic carbocycles. The van der Waals surface area contributed by atoms with E-state index >= 15 is 0 Å². The summed E-state index contributed by atoms with van der Waals surface area (Å²) in [6, 6.07) is 0. The molecular formula is C15H27N3O2. The van der Waals surface area contributed by atoms with Crippen molar-refractivity contribution in [2.24, 2.45) is 0 Å². The van der Waals surface area contributed by atoms with Gasteiger partial charge in [-0.25, -0.2) is 0 Å². The molecule has 0 aliphatic carbocycles. The first kappa shape index (κ1) is 16.5. The molecule has 1 rings (SSSR count). The number of unbranched alkanes of at least 4 members (excludes halogenated alkanes) is 5. The van der Waals surface area contributed by atoms with Crippen molar-refractivity contribution >= 4 is 5.69 Å². The highest BCUT2D eigenvalue weighted by Gasteiger charge is 2.11. The number of nitrogen functional groups attached to an aromatic ring is 1. The second kappa shape index (κ2) is 9.39. The van der Waals surface area contributed by atoms with Crippen LogP contribution in [0.15, 0.2) is 6.33 Å². The number of anilines is 1. The predicted molar refractivity (Wildman–Crippen MR) is 81.1 cm³/mol. The summed E-state index contributed by atoms with van der Waals surface area (Å²) in [4.78, 5) is 8.07. The van der Waals surface area contributed by atoms with E-state index in [4.69, 9.17) is 15.2 Å². The Bertz CT molecular complexity index is 383. The smallest absolute Gasteiger partial charge is 0.244 e. The van der Waals surface area contributed by atoms with Gasteiger partial charge in [-0.05, 0) is 20.3 Å². The molecule has 0 aliphatic heterocycles. The van der Waals surface area contributed by atoms with Crippen LogP contribution >= 0.6 is 0 Å². The van der Waals surface area contributed by atoms with Gasteiger partial charge in [0, 0.05) is 0 Å². The van der Waals surface area contributed by atoms with E-state index in [-0.39, 0.29) is 6.10 Å². The Hall–Kier alpha value is -1.52. The molecule has 0 aliphatic rings. The van der Waals surface area contributed by atoms with Gasteiger partial charge >= 0.3 is 0 Å². The summed E-state index contributed by atoms with van der Waals surface area (Å²) in [6.07, 6.45) is 8.80. The van der Waals surface area contributed by atoms with Gasteiger partial charge in [0.1, 0.15) is 6.33 Å². The van der Waals surface area contributed by atoms with E-state index in [1.165, 1.54) is 38.4 Å². The SMILES string of the molecule is CCCCCCCCOc1ncnc(OC(C)C)c1N. The van der Waals surface area contributed by atoms with E-state index in [0.29, 0.717) is 24.1 Å². The van der Waals surface area contributed by atoms with Crippen LogP contribution < -0.4 is 15.2 Å². The second-order valence-electron chi connectivity index (χ2n) is 5.18. The van der Waals surface area contributed by atoms with Crippen molar-refractivity contribution in [1.29, 1.82) is 0 Å². The molecule has 2 N–H and O–H groups in total. The standard InChI is InChI=1S/C15H27N3O2/c1-4-5-6-7-8-9-10-19-14-13(16)15(18-11-17-14)20-12(2)3/h11-12H,4-10,16H2,1-3H3. The van der Waals surface area contributed by atoms with E-state index in [0.717, 1.165) is 6.42 Å². The summed E-state index contributed by atoms with van der Waals surface area (Å²) in [7, 11) is 0. The minimum atomic E-state index is 0.0265. The first-order valence-electron chi connectivity index (χ1n) is 7.55. The highest BCUT2D eigenvalue weighted by atomic mass is 16.5. The van der Waals surface area contributed by atoms with Crippen molar-refractivity contribution < 1.29 is 9.47 Å². The molecule has 0 saturated heterocycles. The summed E-state index contributed by atoms with van der Waals surface area (Å²) < 4.78 is 11.1. The average molecular weight is 281 g/mol. The Kier molecular flexibility index (Phi) is 7.77. The lowest BCUT2D eigenvalue weighted by Gasteiger charge is -2.13. The van der Waals surface area contributed by atoms with Crippen molar-refractivity contribution in [2.75, 3.05) is 12.3 Å². The lowest BCUT2D eigenvalue weighted by Crippen LogP contribution is -2.11. The molecule has 0 radical (unpaired) electrons. The van der Waals surface area contributed by atoms with Gasteiger partial charge < -0.3 is 15.2 Å². The summed E-state index contributed by atoms with van der Waals surface area (Å²) in [6.45, 7) is 6.71. The Balaban J connectivity index is 2.33. The number of rotatable bonds is 10. The van der Waals surface area contributed by atoms with Gasteiger partial charge in [-0.1, -0.05) is 39.0 Å². The highest BCUT2D eigenvalue weighted by Crippen LogP contribution is 2.27. The first-order valence-corrected chi connectivity index (χ1v) is 7.55.